The molecule has 16 heavy (non-hydrogen) atoms. The molecule has 0 spiro atoms. The van der Waals surface area contributed by atoms with Gasteiger partial charge in [-0.25, -0.2) is 4.39 Å². The minimum absolute atomic E-state index is 0.252. The number of hydrogen-bond acceptors (Lipinski definition) is 2. The molecule has 0 aliphatic heterocycles. The van der Waals surface area contributed by atoms with Crippen LogP contribution in [0.4, 0.5) is 4.39 Å². The molecule has 0 saturated carbocycles. The highest BCUT2D eigenvalue weighted by Crippen LogP contribution is 2.19. The van der Waals surface area contributed by atoms with Gasteiger partial charge >= 0.3 is 0 Å². The summed E-state index contributed by atoms with van der Waals surface area (Å²) in [6.45, 7) is 3.78. The number of rotatable bonds is 2. The summed E-state index contributed by atoms with van der Waals surface area (Å²) in [6, 6.07) is 4.73. The van der Waals surface area contributed by atoms with Gasteiger partial charge in [-0.2, -0.15) is 0 Å². The van der Waals surface area contributed by atoms with E-state index in [4.69, 9.17) is 11.6 Å². The van der Waals surface area contributed by atoms with Crippen LogP contribution < -0.4 is 0 Å². The first-order valence-corrected chi connectivity index (χ1v) is 5.37. The van der Waals surface area contributed by atoms with E-state index in [1.165, 1.54) is 12.1 Å². The Morgan fingerprint density at radius 1 is 1.31 bits per heavy atom. The average Bonchev–Trinajstić information content (AvgIpc) is 2.58. The standard InChI is InChI=1S/C11H11ClFN3/c1-3-10-14-15-11(12)16(10)9-5-7(2)4-8(13)6-9/h4-6H,3H2,1-2H3. The lowest BCUT2D eigenvalue weighted by molar-refractivity contribution is 0.625. The van der Waals surface area contributed by atoms with Crippen LogP contribution in [0.2, 0.25) is 5.28 Å². The SMILES string of the molecule is CCc1nnc(Cl)n1-c1cc(C)cc(F)c1. The molecule has 3 nitrogen and oxygen atoms in total. The molecule has 84 valence electrons. The summed E-state index contributed by atoms with van der Waals surface area (Å²) in [5.74, 6) is 0.428. The zero-order valence-electron chi connectivity index (χ0n) is 9.04. The predicted molar refractivity (Wildman–Crippen MR) is 60.4 cm³/mol. The maximum atomic E-state index is 13.3. The first kappa shape index (κ1) is 11.1. The Hall–Kier alpha value is -1.42. The molecule has 2 aromatic rings. The van der Waals surface area contributed by atoms with Crippen molar-refractivity contribution >= 4 is 11.6 Å². The largest absolute Gasteiger partial charge is 0.270 e. The molecule has 0 aliphatic rings. The number of nitrogens with zero attached hydrogens (tertiary/aromatic N) is 3. The zero-order valence-corrected chi connectivity index (χ0v) is 9.79. The van der Waals surface area contributed by atoms with E-state index in [2.05, 4.69) is 10.2 Å². The topological polar surface area (TPSA) is 30.7 Å². The van der Waals surface area contributed by atoms with Crippen LogP contribution >= 0.6 is 11.6 Å². The number of hydrogen-bond donors (Lipinski definition) is 0. The first-order chi connectivity index (χ1) is 7.61. The molecule has 1 heterocycles. The van der Waals surface area contributed by atoms with E-state index >= 15 is 0 Å². The van der Waals surface area contributed by atoms with Gasteiger partial charge in [0.05, 0.1) is 5.69 Å². The molecule has 1 aromatic heterocycles. The van der Waals surface area contributed by atoms with Crippen molar-refractivity contribution in [1.82, 2.24) is 14.8 Å². The number of benzene rings is 1. The zero-order chi connectivity index (χ0) is 11.7. The maximum absolute atomic E-state index is 13.3. The molecule has 0 unspecified atom stereocenters. The molecule has 0 fully saturated rings. The molecule has 5 heteroatoms. The lowest BCUT2D eigenvalue weighted by Crippen LogP contribution is -2.01. The van der Waals surface area contributed by atoms with Gasteiger partial charge < -0.3 is 0 Å². The van der Waals surface area contributed by atoms with Crippen molar-refractivity contribution in [3.63, 3.8) is 0 Å². The van der Waals surface area contributed by atoms with Gasteiger partial charge in [0.2, 0.25) is 5.28 Å². The lowest BCUT2D eigenvalue weighted by atomic mass is 10.2. The van der Waals surface area contributed by atoms with Crippen LogP contribution in [0.25, 0.3) is 5.69 Å². The molecule has 2 rings (SSSR count). The van der Waals surface area contributed by atoms with Gasteiger partial charge in [0.1, 0.15) is 11.6 Å². The van der Waals surface area contributed by atoms with E-state index in [0.29, 0.717) is 12.1 Å². The summed E-state index contributed by atoms with van der Waals surface area (Å²) < 4.78 is 14.9. The van der Waals surface area contributed by atoms with Crippen molar-refractivity contribution < 1.29 is 4.39 Å². The molecular formula is C11H11ClFN3. The Morgan fingerprint density at radius 3 is 2.69 bits per heavy atom. The van der Waals surface area contributed by atoms with E-state index < -0.39 is 0 Å². The Kier molecular flexibility index (Phi) is 2.92. The van der Waals surface area contributed by atoms with Crippen LogP contribution in [0.15, 0.2) is 18.2 Å². The smallest absolute Gasteiger partial charge is 0.229 e. The van der Waals surface area contributed by atoms with Crippen molar-refractivity contribution in [2.75, 3.05) is 0 Å². The van der Waals surface area contributed by atoms with Gasteiger partial charge in [0.15, 0.2) is 0 Å². The minimum Gasteiger partial charge on any atom is -0.270 e. The van der Waals surface area contributed by atoms with E-state index in [0.717, 1.165) is 11.4 Å². The summed E-state index contributed by atoms with van der Waals surface area (Å²) in [4.78, 5) is 0. The molecule has 1 aromatic carbocycles. The quantitative estimate of drug-likeness (QED) is 0.807. The monoisotopic (exact) mass is 239 g/mol. The summed E-state index contributed by atoms with van der Waals surface area (Å²) in [5.41, 5.74) is 1.49. The Labute approximate surface area is 97.9 Å². The third-order valence-corrected chi connectivity index (χ3v) is 2.54. The average molecular weight is 240 g/mol. The highest BCUT2D eigenvalue weighted by Gasteiger charge is 2.11. The summed E-state index contributed by atoms with van der Waals surface area (Å²) in [5, 5.41) is 7.96. The molecule has 0 bridgehead atoms. The van der Waals surface area contributed by atoms with E-state index in [1.54, 1.807) is 4.57 Å². The highest BCUT2D eigenvalue weighted by molar-refractivity contribution is 6.28. The van der Waals surface area contributed by atoms with Gasteiger partial charge in [-0.05, 0) is 42.3 Å². The third kappa shape index (κ3) is 1.93. The second-order valence-electron chi connectivity index (χ2n) is 3.56. The van der Waals surface area contributed by atoms with Gasteiger partial charge in [-0.3, -0.25) is 4.57 Å². The van der Waals surface area contributed by atoms with Gasteiger partial charge in [0, 0.05) is 6.42 Å². The molecular weight excluding hydrogens is 229 g/mol. The Balaban J connectivity index is 2.61. The van der Waals surface area contributed by atoms with E-state index in [-0.39, 0.29) is 11.1 Å². The summed E-state index contributed by atoms with van der Waals surface area (Å²) in [6.07, 6.45) is 0.690. The number of aryl methyl sites for hydroxylation is 2. The fraction of sp³-hybridized carbons (Fsp3) is 0.273. The van der Waals surface area contributed by atoms with Crippen LogP contribution in [-0.2, 0) is 6.42 Å². The Morgan fingerprint density at radius 2 is 2.06 bits per heavy atom. The predicted octanol–water partition coefficient (Wildman–Crippen LogP) is 2.93. The fourth-order valence-electron chi connectivity index (χ4n) is 1.63. The number of aromatic nitrogens is 3. The van der Waals surface area contributed by atoms with Crippen LogP contribution in [0, 0.1) is 12.7 Å². The summed E-state index contributed by atoms with van der Waals surface area (Å²) >= 11 is 5.93. The van der Waals surface area contributed by atoms with Crippen molar-refractivity contribution in [2.24, 2.45) is 0 Å². The van der Waals surface area contributed by atoms with Crippen LogP contribution in [-0.4, -0.2) is 14.8 Å². The first-order valence-electron chi connectivity index (χ1n) is 4.99. The van der Waals surface area contributed by atoms with Crippen LogP contribution in [0.5, 0.6) is 0 Å². The Bertz CT molecular complexity index is 502. The highest BCUT2D eigenvalue weighted by atomic mass is 35.5. The van der Waals surface area contributed by atoms with Crippen molar-refractivity contribution in [1.29, 1.82) is 0 Å². The molecule has 0 saturated heterocycles. The minimum atomic E-state index is -0.290. The van der Waals surface area contributed by atoms with Crippen molar-refractivity contribution in [3.05, 3.63) is 40.7 Å². The van der Waals surface area contributed by atoms with Crippen LogP contribution in [0.1, 0.15) is 18.3 Å². The van der Waals surface area contributed by atoms with Gasteiger partial charge in [-0.15, -0.1) is 10.2 Å². The fourth-order valence-corrected chi connectivity index (χ4v) is 1.86. The van der Waals surface area contributed by atoms with E-state index in [9.17, 15) is 4.39 Å². The molecule has 0 aliphatic carbocycles. The van der Waals surface area contributed by atoms with Crippen molar-refractivity contribution in [3.8, 4) is 5.69 Å². The molecule has 0 radical (unpaired) electrons. The third-order valence-electron chi connectivity index (χ3n) is 2.29. The second-order valence-corrected chi connectivity index (χ2v) is 3.90. The van der Waals surface area contributed by atoms with Crippen molar-refractivity contribution in [2.45, 2.75) is 20.3 Å². The normalized spacial score (nSPS) is 10.8. The van der Waals surface area contributed by atoms with Gasteiger partial charge in [0.25, 0.3) is 0 Å². The lowest BCUT2D eigenvalue weighted by Gasteiger charge is -2.07. The number of halogens is 2. The summed E-state index contributed by atoms with van der Waals surface area (Å²) in [7, 11) is 0. The van der Waals surface area contributed by atoms with Gasteiger partial charge in [-0.1, -0.05) is 6.92 Å². The second kappa shape index (κ2) is 4.22. The van der Waals surface area contributed by atoms with Crippen LogP contribution in [0.3, 0.4) is 0 Å². The molecule has 0 amide bonds. The maximum Gasteiger partial charge on any atom is 0.229 e. The molecule has 0 atom stereocenters. The van der Waals surface area contributed by atoms with E-state index in [1.807, 2.05) is 19.9 Å². The molecule has 0 N–H and O–H groups in total.